The van der Waals surface area contributed by atoms with E-state index in [2.05, 4.69) is 71.1 Å². The van der Waals surface area contributed by atoms with Crippen LogP contribution in [-0.4, -0.2) is 103 Å². The van der Waals surface area contributed by atoms with Gasteiger partial charge >= 0.3 is 0 Å². The Morgan fingerprint density at radius 3 is 1.30 bits per heavy atom. The van der Waals surface area contributed by atoms with E-state index < -0.39 is 35.6 Å². The molecular formula is C79H91Cl4F2N7O6. The van der Waals surface area contributed by atoms with Gasteiger partial charge in [0.15, 0.2) is 0 Å². The van der Waals surface area contributed by atoms with E-state index >= 15 is 8.78 Å². The Labute approximate surface area is 597 Å². The largest absolute Gasteiger partial charge is 0.489 e. The Hall–Kier alpha value is -7.86. The number of hydrogen-bond acceptors (Lipinski definition) is 9. The molecule has 2 fully saturated rings. The highest BCUT2D eigenvalue weighted by Gasteiger charge is 2.39. The first kappa shape index (κ1) is 77.5. The molecule has 4 atom stereocenters. The van der Waals surface area contributed by atoms with Gasteiger partial charge in [-0.2, -0.15) is 0 Å². The van der Waals surface area contributed by atoms with Crippen molar-refractivity contribution in [2.45, 2.75) is 136 Å². The van der Waals surface area contributed by atoms with Crippen LogP contribution < -0.4 is 36.1 Å². The van der Waals surface area contributed by atoms with Crippen molar-refractivity contribution in [3.63, 3.8) is 0 Å². The number of halogens is 6. The summed E-state index contributed by atoms with van der Waals surface area (Å²) in [5.41, 5.74) is 6.20. The van der Waals surface area contributed by atoms with E-state index in [1.165, 1.54) is 12.1 Å². The fourth-order valence-corrected chi connectivity index (χ4v) is 13.2. The summed E-state index contributed by atoms with van der Waals surface area (Å²) < 4.78 is 42.2. The summed E-state index contributed by atoms with van der Waals surface area (Å²) in [5, 5.41) is 17.9. The lowest BCUT2D eigenvalue weighted by atomic mass is 9.79. The smallest absolute Gasteiger partial charge is 0.243 e. The van der Waals surface area contributed by atoms with Gasteiger partial charge in [0, 0.05) is 98.5 Å². The predicted octanol–water partition coefficient (Wildman–Crippen LogP) is 16.4. The van der Waals surface area contributed by atoms with Crippen molar-refractivity contribution in [3.8, 4) is 33.8 Å². The van der Waals surface area contributed by atoms with Crippen molar-refractivity contribution >= 4 is 70.0 Å². The van der Waals surface area contributed by atoms with E-state index in [0.29, 0.717) is 71.6 Å². The minimum absolute atomic E-state index is 0. The minimum Gasteiger partial charge on any atom is -0.489 e. The van der Waals surface area contributed by atoms with Gasteiger partial charge in [-0.25, -0.2) is 8.78 Å². The molecule has 0 bridgehead atoms. The van der Waals surface area contributed by atoms with Gasteiger partial charge in [0.1, 0.15) is 48.4 Å². The Morgan fingerprint density at radius 2 is 0.908 bits per heavy atom. The number of amides is 4. The lowest BCUT2D eigenvalue weighted by Gasteiger charge is -2.46. The van der Waals surface area contributed by atoms with Gasteiger partial charge in [-0.05, 0) is 155 Å². The molecule has 13 nitrogen and oxygen atoms in total. The molecule has 2 unspecified atom stereocenters. The second-order valence-electron chi connectivity index (χ2n) is 26.1. The van der Waals surface area contributed by atoms with Crippen LogP contribution in [0.4, 0.5) is 8.78 Å². The van der Waals surface area contributed by atoms with Gasteiger partial charge in [0.25, 0.3) is 0 Å². The van der Waals surface area contributed by atoms with Crippen molar-refractivity contribution in [2.24, 2.45) is 0 Å². The molecular weight excluding hydrogens is 1320 g/mol. The van der Waals surface area contributed by atoms with E-state index in [1.54, 1.807) is 86.6 Å². The Balaban J connectivity index is 0.000000271. The maximum absolute atomic E-state index is 15.2. The topological polar surface area (TPSA) is 153 Å². The van der Waals surface area contributed by atoms with Gasteiger partial charge in [0.2, 0.25) is 23.6 Å². The lowest BCUT2D eigenvalue weighted by Crippen LogP contribution is -2.63. The number of piperazine rings is 1. The van der Waals surface area contributed by atoms with Crippen LogP contribution in [0.25, 0.3) is 22.3 Å². The molecule has 0 saturated carbocycles. The number of carbonyl (C=O) groups excluding carboxylic acids is 4. The molecule has 8 aromatic carbocycles. The van der Waals surface area contributed by atoms with Gasteiger partial charge in [-0.1, -0.05) is 183 Å². The van der Waals surface area contributed by atoms with Crippen LogP contribution in [0, 0.1) is 11.6 Å². The standard InChI is InChI=1S/C40H44Cl2FN3O3.C37H39Cl2FN4O3.2CH4/c1-25(28-16-19-31(35(43)21-28)27-10-7-6-8-11-27)37(47)45-36(38(48)44-29-22-39(2,3)46-40(4,5)23-29)20-26-14-17-30(18-15-26)49-24-32-33(41)12-9-13-34(32)42;1-25(28-13-16-30(34(40)22-28)27-7-4-3-5-8-27)36(45)42-35(37(46)41-24-44-19-17-43(2)18-20-44)21-26-11-14-29(15-12-26)47-23-31-32(38)9-6-10-33(31)39;;/h6-19,21,25,29,36,46H,20,22-24H2,1-5H3,(H,44,48)(H,45,47);3-16,22,25,35H,17-21,23-24H2,1-2H3,(H,41,46)(H,42,45);2*1H4/t25?,36-;25?,35-;;/m00../s1. The summed E-state index contributed by atoms with van der Waals surface area (Å²) in [5.74, 6) is -2.27. The van der Waals surface area contributed by atoms with Crippen LogP contribution in [0.1, 0.15) is 114 Å². The number of nitrogens with one attached hydrogen (secondary N) is 5. The average molecular weight is 1410 g/mol. The maximum Gasteiger partial charge on any atom is 0.243 e. The third kappa shape index (κ3) is 21.8. The summed E-state index contributed by atoms with van der Waals surface area (Å²) in [6.45, 7) is 16.2. The number of nitrogens with zero attached hydrogens (tertiary/aromatic N) is 2. The zero-order chi connectivity index (χ0) is 68.7. The molecule has 520 valence electrons. The number of hydrogen-bond donors (Lipinski definition) is 5. The fraction of sp³-hybridized carbons (Fsp3) is 0.342. The van der Waals surface area contributed by atoms with Crippen molar-refractivity contribution < 1.29 is 37.4 Å². The van der Waals surface area contributed by atoms with Crippen LogP contribution in [0.2, 0.25) is 20.1 Å². The molecule has 8 aromatic rings. The third-order valence-corrected chi connectivity index (χ3v) is 18.9. The van der Waals surface area contributed by atoms with Crippen LogP contribution in [0.5, 0.6) is 11.5 Å². The van der Waals surface area contributed by atoms with E-state index in [9.17, 15) is 19.2 Å². The summed E-state index contributed by atoms with van der Waals surface area (Å²) >= 11 is 25.1. The highest BCUT2D eigenvalue weighted by molar-refractivity contribution is 6.36. The number of benzene rings is 8. The van der Waals surface area contributed by atoms with E-state index in [-0.39, 0.29) is 81.7 Å². The van der Waals surface area contributed by atoms with Crippen LogP contribution in [0.3, 0.4) is 0 Å². The van der Waals surface area contributed by atoms with Crippen LogP contribution >= 0.6 is 46.4 Å². The molecule has 4 amide bonds. The van der Waals surface area contributed by atoms with E-state index in [4.69, 9.17) is 55.9 Å². The first-order chi connectivity index (χ1) is 45.9. The molecule has 0 radical (unpaired) electrons. The predicted molar refractivity (Wildman–Crippen MR) is 394 cm³/mol. The van der Waals surface area contributed by atoms with Gasteiger partial charge in [-0.15, -0.1) is 0 Å². The third-order valence-electron chi connectivity index (χ3n) is 17.4. The first-order valence-electron chi connectivity index (χ1n) is 32.3. The molecule has 98 heavy (non-hydrogen) atoms. The van der Waals surface area contributed by atoms with Crippen molar-refractivity contribution in [1.29, 1.82) is 0 Å². The molecule has 0 aromatic heterocycles. The number of piperidine rings is 1. The Kier molecular flexibility index (Phi) is 28.3. The highest BCUT2D eigenvalue weighted by atomic mass is 35.5. The molecule has 5 N–H and O–H groups in total. The second-order valence-corrected chi connectivity index (χ2v) is 27.7. The van der Waals surface area contributed by atoms with E-state index in [0.717, 1.165) is 61.3 Å². The highest BCUT2D eigenvalue weighted by Crippen LogP contribution is 2.33. The van der Waals surface area contributed by atoms with E-state index in [1.807, 2.05) is 97.1 Å². The van der Waals surface area contributed by atoms with Crippen LogP contribution in [-0.2, 0) is 45.2 Å². The summed E-state index contributed by atoms with van der Waals surface area (Å²) in [7, 11) is 2.08. The van der Waals surface area contributed by atoms with Gasteiger partial charge in [0.05, 0.1) is 18.5 Å². The molecule has 19 heteroatoms. The summed E-state index contributed by atoms with van der Waals surface area (Å²) in [6, 6.07) is 51.7. The number of likely N-dealkylation sites (N-methyl/N-ethyl adjacent to an activating group) is 1. The fourth-order valence-electron chi connectivity index (χ4n) is 12.2. The normalized spacial score (nSPS) is 15.6. The number of carbonyl (C=O) groups is 4. The molecule has 0 aliphatic carbocycles. The minimum atomic E-state index is -0.863. The zero-order valence-electron chi connectivity index (χ0n) is 55.1. The van der Waals surface area contributed by atoms with Gasteiger partial charge < -0.3 is 41.0 Å². The number of ether oxygens (including phenoxy) is 2. The first-order valence-corrected chi connectivity index (χ1v) is 33.8. The molecule has 2 heterocycles. The SMILES string of the molecule is C.C.CC(C(=O)N[C@@H](Cc1ccc(OCc2c(Cl)cccc2Cl)cc1)C(=O)NC1CC(C)(C)NC(C)(C)C1)c1ccc(-c2ccccc2)c(F)c1.CC(C(=O)N[C@@H](Cc1ccc(OCc2c(Cl)cccc2Cl)cc1)C(=O)NCN1CCN(C)CC1)c1ccc(-c2ccccc2)c(F)c1. The molecule has 0 spiro atoms. The lowest BCUT2D eigenvalue weighted by molar-refractivity contribution is -0.130. The van der Waals surface area contributed by atoms with Crippen molar-refractivity contribution in [1.82, 2.24) is 36.4 Å². The molecule has 10 rings (SSSR count). The second kappa shape index (κ2) is 35.8. The monoisotopic (exact) mass is 1410 g/mol. The summed E-state index contributed by atoms with van der Waals surface area (Å²) in [4.78, 5) is 59.1. The number of rotatable bonds is 23. The Morgan fingerprint density at radius 1 is 0.520 bits per heavy atom. The quantitative estimate of drug-likeness (QED) is 0.0421. The molecule has 2 saturated heterocycles. The molecule has 2 aliphatic heterocycles. The van der Waals surface area contributed by atoms with Crippen molar-refractivity contribution in [2.75, 3.05) is 39.9 Å². The Bertz CT molecular complexity index is 3900. The van der Waals surface area contributed by atoms with Crippen molar-refractivity contribution in [3.05, 3.63) is 247 Å². The van der Waals surface area contributed by atoms with Gasteiger partial charge in [-0.3, -0.25) is 24.1 Å². The zero-order valence-corrected chi connectivity index (χ0v) is 58.1. The van der Waals surface area contributed by atoms with Crippen LogP contribution in [0.15, 0.2) is 182 Å². The summed E-state index contributed by atoms with van der Waals surface area (Å²) in [6.07, 6.45) is 1.99. The molecule has 2 aliphatic rings. The maximum atomic E-state index is 15.2. The average Bonchev–Trinajstić information content (AvgIpc) is 0.799.